The zero-order chi connectivity index (χ0) is 16.9. The van der Waals surface area contributed by atoms with Crippen LogP contribution in [0, 0.1) is 0 Å². The van der Waals surface area contributed by atoms with Gasteiger partial charge in [0.2, 0.25) is 0 Å². The number of likely N-dealkylation sites (N-methyl/N-ethyl adjacent to an activating group) is 1. The zero-order valence-corrected chi connectivity index (χ0v) is 18.0. The van der Waals surface area contributed by atoms with E-state index >= 15 is 0 Å². The van der Waals surface area contributed by atoms with E-state index in [0.717, 1.165) is 44.3 Å². The van der Waals surface area contributed by atoms with Gasteiger partial charge in [-0.1, -0.05) is 18.5 Å². The minimum absolute atomic E-state index is 0. The summed E-state index contributed by atoms with van der Waals surface area (Å²) in [5, 5.41) is 0.779. The van der Waals surface area contributed by atoms with E-state index in [0.29, 0.717) is 12.0 Å². The van der Waals surface area contributed by atoms with E-state index in [4.69, 9.17) is 17.3 Å². The zero-order valence-electron chi connectivity index (χ0n) is 14.9. The van der Waals surface area contributed by atoms with Crippen LogP contribution in [0.15, 0.2) is 29.3 Å². The van der Waals surface area contributed by atoms with E-state index in [9.17, 15) is 0 Å². The molecule has 2 aliphatic heterocycles. The molecule has 2 heterocycles. The molecule has 0 spiro atoms. The Labute approximate surface area is 173 Å². The van der Waals surface area contributed by atoms with Gasteiger partial charge in [0.1, 0.15) is 0 Å². The number of likely N-dealkylation sites (tertiary alicyclic amines) is 1. The Hall–Kier alpha value is -0.730. The molecule has 5 nitrogen and oxygen atoms in total. The first-order chi connectivity index (χ1) is 11.7. The summed E-state index contributed by atoms with van der Waals surface area (Å²) in [6.07, 6.45) is 2.53. The average Bonchev–Trinajstić information content (AvgIpc) is 3.08. The molecule has 2 N–H and O–H groups in total. The second kappa shape index (κ2) is 9.83. The molecule has 2 aliphatic rings. The number of aliphatic imine (C=N–C) groups is 1. The third-order valence-corrected chi connectivity index (χ3v) is 5.42. The van der Waals surface area contributed by atoms with Crippen LogP contribution in [-0.2, 0) is 0 Å². The van der Waals surface area contributed by atoms with Crippen molar-refractivity contribution in [3.05, 3.63) is 29.3 Å². The van der Waals surface area contributed by atoms with Crippen molar-refractivity contribution in [3.8, 4) is 0 Å². The first kappa shape index (κ1) is 20.6. The van der Waals surface area contributed by atoms with Gasteiger partial charge in [-0.3, -0.25) is 9.89 Å². The van der Waals surface area contributed by atoms with Gasteiger partial charge in [-0.15, -0.1) is 24.0 Å². The van der Waals surface area contributed by atoms with Gasteiger partial charge in [-0.25, -0.2) is 0 Å². The molecular formula is C18H29ClIN5. The molecule has 0 amide bonds. The molecule has 0 saturated carbocycles. The summed E-state index contributed by atoms with van der Waals surface area (Å²) in [7, 11) is 0. The maximum absolute atomic E-state index is 6.24. The highest BCUT2D eigenvalue weighted by molar-refractivity contribution is 14.0. The van der Waals surface area contributed by atoms with Crippen molar-refractivity contribution in [2.24, 2.45) is 10.7 Å². The van der Waals surface area contributed by atoms with Gasteiger partial charge in [0.15, 0.2) is 5.96 Å². The summed E-state index contributed by atoms with van der Waals surface area (Å²) >= 11 is 5.96. The molecule has 0 bridgehead atoms. The van der Waals surface area contributed by atoms with Crippen LogP contribution in [0.3, 0.4) is 0 Å². The minimum atomic E-state index is 0. The lowest BCUT2D eigenvalue weighted by Crippen LogP contribution is -2.51. The predicted molar refractivity (Wildman–Crippen MR) is 117 cm³/mol. The molecular weight excluding hydrogens is 449 g/mol. The number of hydrogen-bond acceptors (Lipinski definition) is 3. The van der Waals surface area contributed by atoms with Crippen molar-refractivity contribution in [2.75, 3.05) is 50.7 Å². The van der Waals surface area contributed by atoms with Gasteiger partial charge >= 0.3 is 0 Å². The van der Waals surface area contributed by atoms with Crippen molar-refractivity contribution in [2.45, 2.75) is 25.8 Å². The molecule has 2 fully saturated rings. The second-order valence-electron chi connectivity index (χ2n) is 6.57. The first-order valence-corrected chi connectivity index (χ1v) is 9.34. The number of rotatable bonds is 4. The highest BCUT2D eigenvalue weighted by Gasteiger charge is 2.23. The monoisotopic (exact) mass is 477 g/mol. The van der Waals surface area contributed by atoms with Crippen molar-refractivity contribution in [1.82, 2.24) is 9.80 Å². The van der Waals surface area contributed by atoms with Crippen molar-refractivity contribution < 1.29 is 0 Å². The molecule has 0 aliphatic carbocycles. The second-order valence-corrected chi connectivity index (χ2v) is 7.01. The van der Waals surface area contributed by atoms with Crippen LogP contribution in [0.5, 0.6) is 0 Å². The fourth-order valence-electron chi connectivity index (χ4n) is 3.66. The van der Waals surface area contributed by atoms with Gasteiger partial charge in [0.25, 0.3) is 0 Å². The van der Waals surface area contributed by atoms with E-state index < -0.39 is 0 Å². The summed E-state index contributed by atoms with van der Waals surface area (Å²) in [5.74, 6) is 0.703. The standard InChI is InChI=1S/C18H28ClN5.HI/c1-2-22-9-3-4-17(22)14-21-18(20)24-12-10-23(11-13-24)16-7-5-15(19)6-8-16;/h5-8,17H,2-4,9-14H2,1H3,(H2,20,21);1H. The Bertz CT molecular complexity index is 557. The van der Waals surface area contributed by atoms with E-state index in [1.807, 2.05) is 12.1 Å². The fraction of sp³-hybridized carbons (Fsp3) is 0.611. The van der Waals surface area contributed by atoms with Crippen LogP contribution in [0.1, 0.15) is 19.8 Å². The van der Waals surface area contributed by atoms with E-state index in [1.165, 1.54) is 25.1 Å². The van der Waals surface area contributed by atoms with Crippen LogP contribution in [0.2, 0.25) is 5.02 Å². The fourth-order valence-corrected chi connectivity index (χ4v) is 3.79. The Morgan fingerprint density at radius 1 is 1.16 bits per heavy atom. The van der Waals surface area contributed by atoms with Crippen molar-refractivity contribution in [3.63, 3.8) is 0 Å². The summed E-state index contributed by atoms with van der Waals surface area (Å²) in [4.78, 5) is 11.8. The maximum atomic E-state index is 6.24. The Morgan fingerprint density at radius 3 is 2.48 bits per heavy atom. The summed E-state index contributed by atoms with van der Waals surface area (Å²) in [6.45, 7) is 9.12. The molecule has 7 heteroatoms. The third kappa shape index (κ3) is 5.37. The van der Waals surface area contributed by atoms with E-state index in [2.05, 4.69) is 38.7 Å². The number of halogens is 2. The Balaban J connectivity index is 0.00000225. The molecule has 25 heavy (non-hydrogen) atoms. The van der Waals surface area contributed by atoms with Crippen molar-refractivity contribution >= 4 is 47.2 Å². The van der Waals surface area contributed by atoms with Crippen LogP contribution in [0.25, 0.3) is 0 Å². The van der Waals surface area contributed by atoms with Crippen LogP contribution in [-0.4, -0.2) is 67.6 Å². The lowest BCUT2D eigenvalue weighted by atomic mass is 10.2. The molecule has 1 aromatic rings. The van der Waals surface area contributed by atoms with E-state index in [1.54, 1.807) is 0 Å². The maximum Gasteiger partial charge on any atom is 0.191 e. The van der Waals surface area contributed by atoms with Gasteiger partial charge in [0, 0.05) is 42.9 Å². The molecule has 2 saturated heterocycles. The third-order valence-electron chi connectivity index (χ3n) is 5.16. The number of hydrogen-bond donors (Lipinski definition) is 1. The van der Waals surface area contributed by atoms with Gasteiger partial charge in [0.05, 0.1) is 6.54 Å². The Morgan fingerprint density at radius 2 is 1.84 bits per heavy atom. The molecule has 0 aromatic heterocycles. The number of nitrogens with two attached hydrogens (primary N) is 1. The molecule has 3 rings (SSSR count). The lowest BCUT2D eigenvalue weighted by Gasteiger charge is -2.36. The normalized spacial score (nSPS) is 22.2. The topological polar surface area (TPSA) is 48.1 Å². The number of guanidine groups is 1. The quantitative estimate of drug-likeness (QED) is 0.412. The van der Waals surface area contributed by atoms with Crippen LogP contribution < -0.4 is 10.6 Å². The van der Waals surface area contributed by atoms with Crippen LogP contribution >= 0.6 is 35.6 Å². The number of benzene rings is 1. The number of piperazine rings is 1. The first-order valence-electron chi connectivity index (χ1n) is 8.97. The highest BCUT2D eigenvalue weighted by Crippen LogP contribution is 2.20. The molecule has 0 radical (unpaired) electrons. The smallest absolute Gasteiger partial charge is 0.191 e. The summed E-state index contributed by atoms with van der Waals surface area (Å²) in [6, 6.07) is 8.62. The Kier molecular flexibility index (Phi) is 8.09. The largest absolute Gasteiger partial charge is 0.370 e. The minimum Gasteiger partial charge on any atom is -0.370 e. The average molecular weight is 478 g/mol. The number of nitrogens with zero attached hydrogens (tertiary/aromatic N) is 4. The highest BCUT2D eigenvalue weighted by atomic mass is 127. The molecule has 1 aromatic carbocycles. The molecule has 140 valence electrons. The summed E-state index contributed by atoms with van der Waals surface area (Å²) < 4.78 is 0. The predicted octanol–water partition coefficient (Wildman–Crippen LogP) is 2.88. The lowest BCUT2D eigenvalue weighted by molar-refractivity contribution is 0.272. The van der Waals surface area contributed by atoms with Crippen molar-refractivity contribution in [1.29, 1.82) is 0 Å². The SMILES string of the molecule is CCN1CCCC1CN=C(N)N1CCN(c2ccc(Cl)cc2)CC1.I. The van der Waals surface area contributed by atoms with E-state index in [-0.39, 0.29) is 24.0 Å². The van der Waals surface area contributed by atoms with Gasteiger partial charge < -0.3 is 15.5 Å². The molecule has 1 unspecified atom stereocenters. The van der Waals surface area contributed by atoms with Crippen LogP contribution in [0.4, 0.5) is 5.69 Å². The summed E-state index contributed by atoms with van der Waals surface area (Å²) in [5.41, 5.74) is 7.46. The van der Waals surface area contributed by atoms with Gasteiger partial charge in [-0.05, 0) is 50.2 Å². The van der Waals surface area contributed by atoms with Gasteiger partial charge in [-0.2, -0.15) is 0 Å². The molecule has 1 atom stereocenters. The number of anilines is 1.